The topological polar surface area (TPSA) is 61.6 Å². The standard InChI is InChI=1S/C13H9F3N4/c1-8-6-9(7-17)19-12(18-8)20-11-5-3-2-4-10(11)13(14,15)16/h2-6H,1H3,(H,18,19,20). The van der Waals surface area contributed by atoms with Crippen LogP contribution in [-0.4, -0.2) is 9.97 Å². The second kappa shape index (κ2) is 5.17. The number of benzene rings is 1. The summed E-state index contributed by atoms with van der Waals surface area (Å²) in [5, 5.41) is 11.3. The predicted molar refractivity (Wildman–Crippen MR) is 66.2 cm³/mol. The SMILES string of the molecule is Cc1cc(C#N)nc(Nc2ccccc2C(F)(F)F)n1. The van der Waals surface area contributed by atoms with Gasteiger partial charge in [0.25, 0.3) is 0 Å². The highest BCUT2D eigenvalue weighted by molar-refractivity contribution is 5.59. The third-order valence-corrected chi connectivity index (χ3v) is 2.45. The molecule has 7 heteroatoms. The molecule has 0 spiro atoms. The average molecular weight is 278 g/mol. The fourth-order valence-corrected chi connectivity index (χ4v) is 1.64. The van der Waals surface area contributed by atoms with E-state index in [-0.39, 0.29) is 17.3 Å². The van der Waals surface area contributed by atoms with Gasteiger partial charge in [-0.2, -0.15) is 18.4 Å². The molecule has 20 heavy (non-hydrogen) atoms. The van der Waals surface area contributed by atoms with Crippen LogP contribution < -0.4 is 5.32 Å². The van der Waals surface area contributed by atoms with Crippen molar-refractivity contribution in [2.75, 3.05) is 5.32 Å². The number of para-hydroxylation sites is 1. The molecule has 0 saturated heterocycles. The molecule has 0 bridgehead atoms. The number of nitriles is 1. The van der Waals surface area contributed by atoms with Gasteiger partial charge in [0, 0.05) is 5.69 Å². The van der Waals surface area contributed by atoms with Crippen LogP contribution in [0.4, 0.5) is 24.8 Å². The highest BCUT2D eigenvalue weighted by atomic mass is 19.4. The summed E-state index contributed by atoms with van der Waals surface area (Å²) >= 11 is 0. The monoisotopic (exact) mass is 278 g/mol. The van der Waals surface area contributed by atoms with Crippen molar-refractivity contribution in [3.8, 4) is 6.07 Å². The van der Waals surface area contributed by atoms with Crippen molar-refractivity contribution in [2.24, 2.45) is 0 Å². The molecule has 0 saturated carbocycles. The van der Waals surface area contributed by atoms with Gasteiger partial charge in [-0.1, -0.05) is 12.1 Å². The number of alkyl halides is 3. The summed E-state index contributed by atoms with van der Waals surface area (Å²) in [6.07, 6.45) is -4.48. The molecule has 0 atom stereocenters. The van der Waals surface area contributed by atoms with E-state index in [9.17, 15) is 13.2 Å². The summed E-state index contributed by atoms with van der Waals surface area (Å²) in [7, 11) is 0. The largest absolute Gasteiger partial charge is 0.418 e. The molecular weight excluding hydrogens is 269 g/mol. The Bertz CT molecular complexity index is 674. The average Bonchev–Trinajstić information content (AvgIpc) is 2.37. The second-order valence-electron chi connectivity index (χ2n) is 4.00. The Kier molecular flexibility index (Phi) is 3.57. The lowest BCUT2D eigenvalue weighted by atomic mass is 10.1. The maximum Gasteiger partial charge on any atom is 0.418 e. The minimum absolute atomic E-state index is 0.0433. The minimum atomic E-state index is -4.48. The predicted octanol–water partition coefficient (Wildman–Crippen LogP) is 3.42. The van der Waals surface area contributed by atoms with E-state index in [0.29, 0.717) is 5.69 Å². The van der Waals surface area contributed by atoms with Crippen LogP contribution in [0.25, 0.3) is 0 Å². The highest BCUT2D eigenvalue weighted by Gasteiger charge is 2.33. The third-order valence-electron chi connectivity index (χ3n) is 2.45. The first-order valence-corrected chi connectivity index (χ1v) is 5.59. The van der Waals surface area contributed by atoms with E-state index in [1.165, 1.54) is 24.3 Å². The Morgan fingerprint density at radius 3 is 2.55 bits per heavy atom. The zero-order chi connectivity index (χ0) is 14.8. The molecule has 2 aromatic rings. The molecule has 0 aliphatic rings. The van der Waals surface area contributed by atoms with Gasteiger partial charge in [0.15, 0.2) is 0 Å². The maximum atomic E-state index is 12.8. The fourth-order valence-electron chi connectivity index (χ4n) is 1.64. The Labute approximate surface area is 112 Å². The first kappa shape index (κ1) is 13.8. The van der Waals surface area contributed by atoms with Crippen molar-refractivity contribution in [3.63, 3.8) is 0 Å². The number of rotatable bonds is 2. The van der Waals surface area contributed by atoms with E-state index in [2.05, 4.69) is 15.3 Å². The Balaban J connectivity index is 2.41. The van der Waals surface area contributed by atoms with Crippen molar-refractivity contribution < 1.29 is 13.2 Å². The first-order chi connectivity index (χ1) is 9.40. The van der Waals surface area contributed by atoms with Gasteiger partial charge < -0.3 is 5.32 Å². The van der Waals surface area contributed by atoms with Crippen LogP contribution in [0.15, 0.2) is 30.3 Å². The van der Waals surface area contributed by atoms with Crippen molar-refractivity contribution >= 4 is 11.6 Å². The Morgan fingerprint density at radius 1 is 1.20 bits per heavy atom. The second-order valence-corrected chi connectivity index (χ2v) is 4.00. The number of aromatic nitrogens is 2. The van der Waals surface area contributed by atoms with Crippen LogP contribution >= 0.6 is 0 Å². The molecule has 1 aromatic heterocycles. The number of aryl methyl sites for hydroxylation is 1. The van der Waals surface area contributed by atoms with Crippen LogP contribution in [0.2, 0.25) is 0 Å². The van der Waals surface area contributed by atoms with E-state index < -0.39 is 11.7 Å². The zero-order valence-electron chi connectivity index (χ0n) is 10.4. The van der Waals surface area contributed by atoms with Crippen LogP contribution in [0.1, 0.15) is 17.0 Å². The van der Waals surface area contributed by atoms with E-state index in [1.807, 2.05) is 6.07 Å². The number of hydrogen-bond acceptors (Lipinski definition) is 4. The van der Waals surface area contributed by atoms with Gasteiger partial charge in [0.2, 0.25) is 5.95 Å². The van der Waals surface area contributed by atoms with Crippen LogP contribution in [0, 0.1) is 18.3 Å². The first-order valence-electron chi connectivity index (χ1n) is 5.59. The minimum Gasteiger partial charge on any atom is -0.324 e. The van der Waals surface area contributed by atoms with Crippen LogP contribution in [-0.2, 0) is 6.18 Å². The molecule has 0 radical (unpaired) electrons. The summed E-state index contributed by atoms with van der Waals surface area (Å²) in [6.45, 7) is 1.63. The molecule has 0 aliphatic heterocycles. The molecule has 2 rings (SSSR count). The summed E-state index contributed by atoms with van der Waals surface area (Å²) in [4.78, 5) is 7.78. The Morgan fingerprint density at radius 2 is 1.90 bits per heavy atom. The molecule has 1 N–H and O–H groups in total. The smallest absolute Gasteiger partial charge is 0.324 e. The number of halogens is 3. The van der Waals surface area contributed by atoms with E-state index >= 15 is 0 Å². The number of hydrogen-bond donors (Lipinski definition) is 1. The molecule has 0 fully saturated rings. The van der Waals surface area contributed by atoms with Gasteiger partial charge in [-0.05, 0) is 25.1 Å². The van der Waals surface area contributed by atoms with Crippen LogP contribution in [0.3, 0.4) is 0 Å². The highest BCUT2D eigenvalue weighted by Crippen LogP contribution is 2.35. The number of anilines is 2. The van der Waals surface area contributed by atoms with Gasteiger partial charge in [-0.25, -0.2) is 9.97 Å². The van der Waals surface area contributed by atoms with Crippen molar-refractivity contribution in [1.82, 2.24) is 9.97 Å². The molecule has 102 valence electrons. The number of nitrogens with zero attached hydrogens (tertiary/aromatic N) is 3. The maximum absolute atomic E-state index is 12.8. The van der Waals surface area contributed by atoms with E-state index in [1.54, 1.807) is 6.92 Å². The lowest BCUT2D eigenvalue weighted by Gasteiger charge is -2.13. The third kappa shape index (κ3) is 3.03. The summed E-state index contributed by atoms with van der Waals surface area (Å²) in [5.74, 6) is -0.0433. The molecule has 0 amide bonds. The van der Waals surface area contributed by atoms with Gasteiger partial charge in [-0.15, -0.1) is 0 Å². The van der Waals surface area contributed by atoms with Crippen molar-refractivity contribution in [3.05, 3.63) is 47.3 Å². The fraction of sp³-hybridized carbons (Fsp3) is 0.154. The lowest BCUT2D eigenvalue weighted by Crippen LogP contribution is -2.10. The van der Waals surface area contributed by atoms with Gasteiger partial charge in [0.1, 0.15) is 11.8 Å². The van der Waals surface area contributed by atoms with Crippen molar-refractivity contribution in [1.29, 1.82) is 5.26 Å². The van der Waals surface area contributed by atoms with Gasteiger partial charge in [0.05, 0.1) is 11.3 Å². The lowest BCUT2D eigenvalue weighted by molar-refractivity contribution is -0.136. The van der Waals surface area contributed by atoms with E-state index in [4.69, 9.17) is 5.26 Å². The molecule has 4 nitrogen and oxygen atoms in total. The summed E-state index contributed by atoms with van der Waals surface area (Å²) in [5.41, 5.74) is -0.397. The summed E-state index contributed by atoms with van der Waals surface area (Å²) < 4.78 is 38.5. The quantitative estimate of drug-likeness (QED) is 0.914. The molecule has 0 aliphatic carbocycles. The molecule has 0 unspecified atom stereocenters. The van der Waals surface area contributed by atoms with Gasteiger partial charge in [-0.3, -0.25) is 0 Å². The molecule has 1 aromatic carbocycles. The van der Waals surface area contributed by atoms with Gasteiger partial charge >= 0.3 is 6.18 Å². The number of nitrogens with one attached hydrogen (secondary N) is 1. The summed E-state index contributed by atoms with van der Waals surface area (Å²) in [6, 6.07) is 8.28. The molecule has 1 heterocycles. The van der Waals surface area contributed by atoms with E-state index in [0.717, 1.165) is 6.07 Å². The van der Waals surface area contributed by atoms with Crippen LogP contribution in [0.5, 0.6) is 0 Å². The van der Waals surface area contributed by atoms with Crippen molar-refractivity contribution in [2.45, 2.75) is 13.1 Å². The molecular formula is C13H9F3N4. The Hall–Kier alpha value is -2.62. The normalized spacial score (nSPS) is 10.9. The zero-order valence-corrected chi connectivity index (χ0v) is 10.4.